The molecule has 12 heteroatoms. The molecule has 0 radical (unpaired) electrons. The summed E-state index contributed by atoms with van der Waals surface area (Å²) in [6.45, 7) is 0. The molecule has 0 fully saturated rings. The molecule has 0 unspecified atom stereocenters. The first-order valence-corrected chi connectivity index (χ1v) is 11.9. The Morgan fingerprint density at radius 2 is 1.30 bits per heavy atom. The molecule has 0 aliphatic carbocycles. The van der Waals surface area contributed by atoms with E-state index in [-0.39, 0.29) is 22.6 Å². The number of carbonyl (C=O) groups excluding carboxylic acids is 3. The Morgan fingerprint density at radius 1 is 0.811 bits per heavy atom. The Kier molecular flexibility index (Phi) is 9.51. The number of anilines is 1. The number of amides is 1. The zero-order valence-corrected chi connectivity index (χ0v) is 22.0. The number of nitrogens with one attached hydrogen (secondary N) is 1. The zero-order chi connectivity index (χ0) is 27.1. The van der Waals surface area contributed by atoms with E-state index >= 15 is 0 Å². The van der Waals surface area contributed by atoms with Crippen LogP contribution in [-0.4, -0.2) is 48.2 Å². The van der Waals surface area contributed by atoms with Gasteiger partial charge < -0.3 is 24.6 Å². The molecule has 0 saturated carbocycles. The van der Waals surface area contributed by atoms with Crippen molar-refractivity contribution in [3.05, 3.63) is 92.4 Å². The van der Waals surface area contributed by atoms with Crippen molar-refractivity contribution in [2.75, 3.05) is 12.4 Å². The average molecular weight is 611 g/mol. The number of ether oxygens (including phenoxy) is 3. The highest BCUT2D eigenvalue weighted by molar-refractivity contribution is 9.10. The lowest BCUT2D eigenvalue weighted by atomic mass is 10.1. The summed E-state index contributed by atoms with van der Waals surface area (Å²) >= 11 is 14.9. The van der Waals surface area contributed by atoms with Crippen LogP contribution in [0, 0.1) is 0 Å². The van der Waals surface area contributed by atoms with E-state index in [1.807, 2.05) is 0 Å². The Hall–Kier alpha value is -3.60. The van der Waals surface area contributed by atoms with Crippen molar-refractivity contribution in [1.29, 1.82) is 0 Å². The fourth-order valence-electron chi connectivity index (χ4n) is 3.01. The molecule has 9 nitrogen and oxygen atoms in total. The van der Waals surface area contributed by atoms with Crippen LogP contribution >= 0.6 is 39.1 Å². The maximum atomic E-state index is 13.3. The van der Waals surface area contributed by atoms with E-state index < -0.39 is 36.0 Å². The Labute approximate surface area is 229 Å². The van der Waals surface area contributed by atoms with Gasteiger partial charge in [-0.2, -0.15) is 0 Å². The lowest BCUT2D eigenvalue weighted by Crippen LogP contribution is -2.48. The third-order valence-corrected chi connectivity index (χ3v) is 5.82. The largest absolute Gasteiger partial charge is 0.495 e. The number of carbonyl (C=O) groups is 4. The first kappa shape index (κ1) is 28.0. The topological polar surface area (TPSA) is 128 Å². The van der Waals surface area contributed by atoms with Crippen molar-refractivity contribution >= 4 is 68.6 Å². The molecule has 0 aliphatic rings. The number of rotatable bonds is 9. The second kappa shape index (κ2) is 12.6. The molecule has 3 rings (SSSR count). The Bertz CT molecular complexity index is 1320. The number of hydrogen-bond donors (Lipinski definition) is 2. The summed E-state index contributed by atoms with van der Waals surface area (Å²) in [6.07, 6.45) is -4.31. The van der Waals surface area contributed by atoms with Gasteiger partial charge in [-0.3, -0.25) is 4.79 Å². The molecule has 2 atom stereocenters. The number of esters is 2. The molecule has 0 aliphatic heterocycles. The molecule has 192 valence electrons. The Morgan fingerprint density at radius 3 is 1.76 bits per heavy atom. The molecular weight excluding hydrogens is 593 g/mol. The molecule has 1 amide bonds. The van der Waals surface area contributed by atoms with Crippen LogP contribution in [0.3, 0.4) is 0 Å². The van der Waals surface area contributed by atoms with Crippen LogP contribution < -0.4 is 10.1 Å². The van der Waals surface area contributed by atoms with Crippen molar-refractivity contribution < 1.29 is 38.5 Å². The highest BCUT2D eigenvalue weighted by Gasteiger charge is 2.41. The molecule has 3 aromatic rings. The summed E-state index contributed by atoms with van der Waals surface area (Å²) in [4.78, 5) is 50.9. The summed E-state index contributed by atoms with van der Waals surface area (Å²) in [7, 11) is 1.37. The van der Waals surface area contributed by atoms with Gasteiger partial charge in [-0.15, -0.1) is 0 Å². The van der Waals surface area contributed by atoms with E-state index in [9.17, 15) is 24.3 Å². The number of halogens is 3. The van der Waals surface area contributed by atoms with Gasteiger partial charge in [-0.1, -0.05) is 39.1 Å². The number of carboxylic acid groups (broad SMARTS) is 1. The molecule has 0 saturated heterocycles. The van der Waals surface area contributed by atoms with Crippen molar-refractivity contribution in [2.24, 2.45) is 0 Å². The lowest BCUT2D eigenvalue weighted by molar-refractivity contribution is -0.157. The first-order chi connectivity index (χ1) is 17.6. The minimum Gasteiger partial charge on any atom is -0.495 e. The van der Waals surface area contributed by atoms with E-state index in [4.69, 9.17) is 37.4 Å². The number of methoxy groups -OCH3 is 1. The third-order valence-electron chi connectivity index (χ3n) is 4.82. The fourth-order valence-corrected chi connectivity index (χ4v) is 3.63. The molecular formula is C25H18BrCl2NO8. The Balaban J connectivity index is 1.95. The van der Waals surface area contributed by atoms with Crippen LogP contribution in [-0.2, 0) is 19.1 Å². The van der Waals surface area contributed by atoms with Crippen molar-refractivity contribution in [2.45, 2.75) is 12.2 Å². The van der Waals surface area contributed by atoms with E-state index in [1.165, 1.54) is 61.7 Å². The SMILES string of the molecule is COc1ccc(Br)cc1NC(=O)[C@H](OC(=O)c1ccc(Cl)cc1)[C@@H](OC(=O)c1ccc(Cl)cc1)C(=O)O. The molecule has 3 aromatic carbocycles. The molecule has 0 aromatic heterocycles. The number of hydrogen-bond acceptors (Lipinski definition) is 7. The summed E-state index contributed by atoms with van der Waals surface area (Å²) in [6, 6.07) is 15.6. The lowest BCUT2D eigenvalue weighted by Gasteiger charge is -2.24. The maximum absolute atomic E-state index is 13.3. The summed E-state index contributed by atoms with van der Waals surface area (Å²) < 4.78 is 16.2. The molecule has 0 bridgehead atoms. The summed E-state index contributed by atoms with van der Waals surface area (Å²) in [5.41, 5.74) is 0.0884. The second-order valence-corrected chi connectivity index (χ2v) is 9.13. The maximum Gasteiger partial charge on any atom is 0.349 e. The quantitative estimate of drug-likeness (QED) is 0.315. The minimum atomic E-state index is -2.21. The normalized spacial score (nSPS) is 12.1. The van der Waals surface area contributed by atoms with Gasteiger partial charge in [0, 0.05) is 14.5 Å². The number of aliphatic carboxylic acids is 1. The fraction of sp³-hybridized carbons (Fsp3) is 0.120. The van der Waals surface area contributed by atoms with E-state index in [2.05, 4.69) is 21.2 Å². The van der Waals surface area contributed by atoms with Crippen molar-refractivity contribution in [3.63, 3.8) is 0 Å². The second-order valence-electron chi connectivity index (χ2n) is 7.34. The predicted octanol–water partition coefficient (Wildman–Crippen LogP) is 5.24. The van der Waals surface area contributed by atoms with Crippen molar-refractivity contribution in [3.8, 4) is 5.75 Å². The summed E-state index contributed by atoms with van der Waals surface area (Å²) in [5.74, 6) is -4.71. The van der Waals surface area contributed by atoms with Gasteiger partial charge in [-0.25, -0.2) is 14.4 Å². The minimum absolute atomic E-state index is 0.0181. The average Bonchev–Trinajstić information content (AvgIpc) is 2.86. The molecule has 0 heterocycles. The standard InChI is InChI=1S/C25H18BrCl2NO8/c1-35-19-11-6-15(26)12-18(19)29-22(30)20(36-24(33)13-2-7-16(27)8-3-13)21(23(31)32)37-25(34)14-4-9-17(28)10-5-14/h2-12,20-21H,1H3,(H,29,30)(H,31,32)/t20-,21-/m1/s1. The smallest absolute Gasteiger partial charge is 0.349 e. The van der Waals surface area contributed by atoms with Gasteiger partial charge in [0.1, 0.15) is 5.75 Å². The van der Waals surface area contributed by atoms with Crippen LogP contribution in [0.1, 0.15) is 20.7 Å². The van der Waals surface area contributed by atoms with Gasteiger partial charge in [0.2, 0.25) is 12.2 Å². The van der Waals surface area contributed by atoms with Gasteiger partial charge in [0.05, 0.1) is 23.9 Å². The van der Waals surface area contributed by atoms with E-state index in [1.54, 1.807) is 12.1 Å². The monoisotopic (exact) mass is 609 g/mol. The highest BCUT2D eigenvalue weighted by Crippen LogP contribution is 2.28. The first-order valence-electron chi connectivity index (χ1n) is 10.4. The van der Waals surface area contributed by atoms with Crippen molar-refractivity contribution in [1.82, 2.24) is 0 Å². The predicted molar refractivity (Wildman–Crippen MR) is 138 cm³/mol. The number of carboxylic acids is 1. The van der Waals surface area contributed by atoms with Gasteiger partial charge >= 0.3 is 17.9 Å². The van der Waals surface area contributed by atoms with E-state index in [0.29, 0.717) is 14.5 Å². The van der Waals surface area contributed by atoms with Gasteiger partial charge in [0.25, 0.3) is 5.91 Å². The molecule has 2 N–H and O–H groups in total. The summed E-state index contributed by atoms with van der Waals surface area (Å²) in [5, 5.41) is 13.0. The van der Waals surface area contributed by atoms with Crippen LogP contribution in [0.4, 0.5) is 5.69 Å². The molecule has 0 spiro atoms. The van der Waals surface area contributed by atoms with Crippen LogP contribution in [0.15, 0.2) is 71.2 Å². The van der Waals surface area contributed by atoms with Gasteiger partial charge in [-0.05, 0) is 66.7 Å². The third kappa shape index (κ3) is 7.45. The highest BCUT2D eigenvalue weighted by atomic mass is 79.9. The van der Waals surface area contributed by atoms with Crippen LogP contribution in [0.25, 0.3) is 0 Å². The van der Waals surface area contributed by atoms with Crippen LogP contribution in [0.2, 0.25) is 10.0 Å². The van der Waals surface area contributed by atoms with E-state index in [0.717, 1.165) is 0 Å². The van der Waals surface area contributed by atoms with Crippen LogP contribution in [0.5, 0.6) is 5.75 Å². The number of benzene rings is 3. The molecule has 37 heavy (non-hydrogen) atoms. The zero-order valence-electron chi connectivity index (χ0n) is 18.9. The van der Waals surface area contributed by atoms with Gasteiger partial charge in [0.15, 0.2) is 0 Å².